The highest BCUT2D eigenvalue weighted by Gasteiger charge is 2.30. The zero-order valence-electron chi connectivity index (χ0n) is 14.7. The van der Waals surface area contributed by atoms with Crippen molar-refractivity contribution in [3.63, 3.8) is 0 Å². The molecule has 3 heteroatoms. The van der Waals surface area contributed by atoms with Crippen LogP contribution in [0.4, 0.5) is 0 Å². The van der Waals surface area contributed by atoms with Crippen LogP contribution >= 0.6 is 0 Å². The normalized spacial score (nSPS) is 11.6. The first-order valence-electron chi connectivity index (χ1n) is 8.52. The van der Waals surface area contributed by atoms with Gasteiger partial charge in [-0.2, -0.15) is 0 Å². The van der Waals surface area contributed by atoms with E-state index in [9.17, 15) is 4.79 Å². The molecule has 0 unspecified atom stereocenters. The molecule has 130 valence electrons. The lowest BCUT2D eigenvalue weighted by Crippen LogP contribution is -3.61. The quantitative estimate of drug-likeness (QED) is 0.336. The Balaban J connectivity index is 1.87. The second kappa shape index (κ2) is 9.34. The number of carbonyl (C=O) groups excluding carboxylic acids is 1. The third kappa shape index (κ3) is 5.05. The Bertz CT molecular complexity index is 874. The monoisotopic (exact) mass is 454 g/mol. The van der Waals surface area contributed by atoms with Crippen LogP contribution < -0.4 is 26.5 Å². The van der Waals surface area contributed by atoms with E-state index in [2.05, 4.69) is 29.6 Å². The molecule has 3 aromatic carbocycles. The number of hydrogen-bond acceptors (Lipinski definition) is 2. The minimum atomic E-state index is -0.560. The highest BCUT2D eigenvalue weighted by atomic mass is 127. The predicted octanol–water partition coefficient (Wildman–Crippen LogP) is 1.85. The Kier molecular flexibility index (Phi) is 6.61. The maximum absolute atomic E-state index is 13.1. The lowest BCUT2D eigenvalue weighted by molar-refractivity contribution is -0.570. The van der Waals surface area contributed by atoms with Crippen LogP contribution in [0.15, 0.2) is 100 Å². The lowest BCUT2D eigenvalue weighted by atomic mass is 10.1. The minimum absolute atomic E-state index is 0.125. The summed E-state index contributed by atoms with van der Waals surface area (Å²) < 4.78 is 2.16. The zero-order valence-corrected chi connectivity index (χ0v) is 16.8. The first-order chi connectivity index (χ1) is 12.7. The number of benzene rings is 3. The van der Waals surface area contributed by atoms with Crippen molar-refractivity contribution in [2.75, 3.05) is 0 Å². The number of nitrogens with one attached hydrogen (secondary N) is 1. The molecule has 0 fully saturated rings. The molecule has 3 aromatic rings. The highest BCUT2D eigenvalue weighted by Crippen LogP contribution is 2.07. The van der Waals surface area contributed by atoms with Crippen molar-refractivity contribution < 1.29 is 26.0 Å². The number of ketones is 1. The third-order valence-corrected chi connectivity index (χ3v) is 7.08. The number of allylic oxidation sites excluding steroid dienone is 2. The predicted molar refractivity (Wildman–Crippen MR) is 102 cm³/mol. The summed E-state index contributed by atoms with van der Waals surface area (Å²) in [6.07, 6.45) is 0. The Morgan fingerprint density at radius 1 is 0.808 bits per heavy atom. The van der Waals surface area contributed by atoms with Crippen molar-refractivity contribution in [1.82, 2.24) is 5.32 Å². The average molecular weight is 454 g/mol. The van der Waals surface area contributed by atoms with Gasteiger partial charge >= 0.3 is 21.2 Å². The summed E-state index contributed by atoms with van der Waals surface area (Å²) in [6.45, 7) is 2.73. The standard InChI is InChI=1S/C23H20INO/c1-18(25-17-19-11-5-2-6-12-19)22(24-21-15-9-4-10-16-21)23(26)20-13-7-3-8-14-20/h2-16H,17H2,1H3/p+1. The topological polar surface area (TPSA) is 29.1 Å². The fourth-order valence-electron chi connectivity index (χ4n) is 2.50. The van der Waals surface area contributed by atoms with Crippen molar-refractivity contribution in [1.29, 1.82) is 0 Å². The summed E-state index contributed by atoms with van der Waals surface area (Å²) in [5, 5.41) is 3.46. The molecule has 2 nitrogen and oxygen atoms in total. The summed E-state index contributed by atoms with van der Waals surface area (Å²) in [4.78, 5) is 13.1. The van der Waals surface area contributed by atoms with Gasteiger partial charge in [-0.15, -0.1) is 0 Å². The molecule has 1 N–H and O–H groups in total. The number of rotatable bonds is 7. The molecule has 0 heterocycles. The van der Waals surface area contributed by atoms with Crippen LogP contribution in [0.25, 0.3) is 0 Å². The van der Waals surface area contributed by atoms with E-state index in [0.717, 1.165) is 21.4 Å². The van der Waals surface area contributed by atoms with Gasteiger partial charge in [0.15, 0.2) is 3.57 Å². The molecule has 0 bridgehead atoms. The van der Waals surface area contributed by atoms with Crippen molar-refractivity contribution >= 4 is 5.78 Å². The SMILES string of the molecule is C/C(NCc1ccccc1)=C(\[I+]c1ccccc1)C(=O)c1ccccc1. The number of hydrogen-bond donors (Lipinski definition) is 1. The van der Waals surface area contributed by atoms with Crippen LogP contribution in [0.5, 0.6) is 0 Å². The maximum atomic E-state index is 13.1. The van der Waals surface area contributed by atoms with Gasteiger partial charge in [0.25, 0.3) is 3.58 Å². The second-order valence-electron chi connectivity index (χ2n) is 5.86. The molecule has 0 radical (unpaired) electrons. The van der Waals surface area contributed by atoms with E-state index in [1.165, 1.54) is 9.13 Å². The summed E-state index contributed by atoms with van der Waals surface area (Å²) in [5.74, 6) is 0.125. The minimum Gasteiger partial charge on any atom is -0.381 e. The molecule has 0 atom stereocenters. The van der Waals surface area contributed by atoms with E-state index in [-0.39, 0.29) is 5.78 Å². The van der Waals surface area contributed by atoms with E-state index in [4.69, 9.17) is 0 Å². The summed E-state index contributed by atoms with van der Waals surface area (Å²) in [5.41, 5.74) is 2.93. The number of carbonyl (C=O) groups is 1. The van der Waals surface area contributed by atoms with Crippen LogP contribution in [-0.2, 0) is 6.54 Å². The van der Waals surface area contributed by atoms with E-state index in [1.807, 2.05) is 73.7 Å². The van der Waals surface area contributed by atoms with Crippen LogP contribution in [-0.4, -0.2) is 5.78 Å². The van der Waals surface area contributed by atoms with Crippen LogP contribution in [0.3, 0.4) is 0 Å². The van der Waals surface area contributed by atoms with Gasteiger partial charge in [0.05, 0.1) is 5.70 Å². The fourth-order valence-corrected chi connectivity index (χ4v) is 5.04. The van der Waals surface area contributed by atoms with Gasteiger partial charge in [-0.3, -0.25) is 4.79 Å². The molecule has 3 rings (SSSR count). The molecule has 0 saturated carbocycles. The molecular formula is C23H21INO+. The van der Waals surface area contributed by atoms with E-state index >= 15 is 0 Å². The van der Waals surface area contributed by atoms with Gasteiger partial charge in [0, 0.05) is 12.1 Å². The molecule has 0 aliphatic rings. The number of halogens is 1. The largest absolute Gasteiger partial charge is 0.381 e. The Labute approximate surface area is 165 Å². The van der Waals surface area contributed by atoms with Gasteiger partial charge in [-0.25, -0.2) is 0 Å². The smallest absolute Gasteiger partial charge is 0.364 e. The summed E-state index contributed by atoms with van der Waals surface area (Å²) in [7, 11) is 0. The molecule has 0 aromatic heterocycles. The molecule has 26 heavy (non-hydrogen) atoms. The zero-order chi connectivity index (χ0) is 18.2. The first kappa shape index (κ1) is 18.4. The molecule has 0 spiro atoms. The lowest BCUT2D eigenvalue weighted by Gasteiger charge is -2.07. The van der Waals surface area contributed by atoms with Crippen LogP contribution in [0.2, 0.25) is 0 Å². The second-order valence-corrected chi connectivity index (χ2v) is 8.73. The molecule has 0 saturated heterocycles. The average Bonchev–Trinajstić information content (AvgIpc) is 2.72. The first-order valence-corrected chi connectivity index (χ1v) is 10.7. The molecule has 0 amide bonds. The van der Waals surface area contributed by atoms with Gasteiger partial charge < -0.3 is 5.32 Å². The van der Waals surface area contributed by atoms with E-state index in [0.29, 0.717) is 0 Å². The van der Waals surface area contributed by atoms with Gasteiger partial charge in [0.2, 0.25) is 5.78 Å². The van der Waals surface area contributed by atoms with E-state index < -0.39 is 21.2 Å². The summed E-state index contributed by atoms with van der Waals surface area (Å²) in [6, 6.07) is 30.1. The number of Topliss-reactive ketones (excluding diaryl/α,β-unsaturated/α-hetero) is 1. The Hall–Kier alpha value is -2.40. The molecule has 0 aliphatic heterocycles. The van der Waals surface area contributed by atoms with Crippen molar-refractivity contribution in [3.05, 3.63) is 115 Å². The van der Waals surface area contributed by atoms with Gasteiger partial charge in [-0.1, -0.05) is 78.9 Å². The Morgan fingerprint density at radius 2 is 1.35 bits per heavy atom. The third-order valence-electron chi connectivity index (χ3n) is 3.90. The molecule has 0 aliphatic carbocycles. The fraction of sp³-hybridized carbons (Fsp3) is 0.0870. The van der Waals surface area contributed by atoms with Crippen LogP contribution in [0.1, 0.15) is 22.8 Å². The van der Waals surface area contributed by atoms with Crippen molar-refractivity contribution in [2.24, 2.45) is 0 Å². The highest BCUT2D eigenvalue weighted by molar-refractivity contribution is 6.07. The summed E-state index contributed by atoms with van der Waals surface area (Å²) >= 11 is -0.560. The van der Waals surface area contributed by atoms with Crippen molar-refractivity contribution in [3.8, 4) is 0 Å². The Morgan fingerprint density at radius 3 is 1.96 bits per heavy atom. The van der Waals surface area contributed by atoms with E-state index in [1.54, 1.807) is 0 Å². The van der Waals surface area contributed by atoms with Crippen molar-refractivity contribution in [2.45, 2.75) is 13.5 Å². The maximum Gasteiger partial charge on any atom is 0.364 e. The van der Waals surface area contributed by atoms with Gasteiger partial charge in [-0.05, 0) is 24.6 Å². The van der Waals surface area contributed by atoms with Gasteiger partial charge in [0.1, 0.15) is 0 Å². The molecular weight excluding hydrogens is 433 g/mol. The van der Waals surface area contributed by atoms with Crippen LogP contribution in [0, 0.1) is 3.57 Å².